The number of likely N-dealkylation sites (tertiary alicyclic amines) is 1. The van der Waals surface area contributed by atoms with E-state index in [1.165, 1.54) is 12.8 Å². The lowest BCUT2D eigenvalue weighted by Gasteiger charge is -2.36. The molecule has 0 spiro atoms. The maximum Gasteiger partial charge on any atom is 0.244 e. The molecule has 2 amide bonds. The van der Waals surface area contributed by atoms with Crippen molar-refractivity contribution in [3.8, 4) is 0 Å². The van der Waals surface area contributed by atoms with Gasteiger partial charge in [-0.3, -0.25) is 14.5 Å². The molecule has 1 aromatic carbocycles. The largest absolute Gasteiger partial charge is 0.338 e. The van der Waals surface area contributed by atoms with Crippen LogP contribution in [0.2, 0.25) is 0 Å². The van der Waals surface area contributed by atoms with E-state index in [0.29, 0.717) is 32.7 Å². The lowest BCUT2D eigenvalue weighted by Crippen LogP contribution is -2.54. The van der Waals surface area contributed by atoms with Crippen LogP contribution in [0.1, 0.15) is 24.4 Å². The van der Waals surface area contributed by atoms with Crippen molar-refractivity contribution in [3.63, 3.8) is 0 Å². The second-order valence-corrected chi connectivity index (χ2v) is 6.58. The Morgan fingerprint density at radius 1 is 0.917 bits per heavy atom. The van der Waals surface area contributed by atoms with E-state index in [-0.39, 0.29) is 11.8 Å². The lowest BCUT2D eigenvalue weighted by molar-refractivity contribution is -0.140. The minimum Gasteiger partial charge on any atom is -0.338 e. The maximum atomic E-state index is 12.5. The van der Waals surface area contributed by atoms with Crippen LogP contribution in [-0.2, 0) is 9.59 Å². The fourth-order valence-corrected chi connectivity index (χ4v) is 3.41. The first-order chi connectivity index (χ1) is 11.6. The Balaban J connectivity index is 1.49. The van der Waals surface area contributed by atoms with Gasteiger partial charge in [0, 0.05) is 26.2 Å². The van der Waals surface area contributed by atoms with Gasteiger partial charge in [-0.25, -0.2) is 0 Å². The van der Waals surface area contributed by atoms with Gasteiger partial charge in [-0.15, -0.1) is 0 Å². The number of benzene rings is 1. The molecule has 0 radical (unpaired) electrons. The number of nitrogens with zero attached hydrogens (tertiary/aromatic N) is 3. The van der Waals surface area contributed by atoms with E-state index < -0.39 is 6.04 Å². The number of hydrogen-bond acceptors (Lipinski definition) is 4. The van der Waals surface area contributed by atoms with Crippen LogP contribution < -0.4 is 5.73 Å². The van der Waals surface area contributed by atoms with Gasteiger partial charge in [-0.05, 0) is 31.5 Å². The summed E-state index contributed by atoms with van der Waals surface area (Å²) in [5, 5.41) is 0. The normalized spacial score (nSPS) is 20.2. The number of piperazine rings is 1. The van der Waals surface area contributed by atoms with Crippen molar-refractivity contribution in [2.75, 3.05) is 45.8 Å². The SMILES string of the molecule is N[C@H](C(=O)N1CCN(C(=O)CN2CCCC2)CC1)c1ccccc1. The van der Waals surface area contributed by atoms with Crippen LogP contribution in [0.15, 0.2) is 30.3 Å². The Morgan fingerprint density at radius 2 is 1.50 bits per heavy atom. The first kappa shape index (κ1) is 16.9. The number of carbonyl (C=O) groups excluding carboxylic acids is 2. The summed E-state index contributed by atoms with van der Waals surface area (Å²) >= 11 is 0. The van der Waals surface area contributed by atoms with Crippen LogP contribution in [0.3, 0.4) is 0 Å². The van der Waals surface area contributed by atoms with E-state index >= 15 is 0 Å². The minimum absolute atomic E-state index is 0.0622. The quantitative estimate of drug-likeness (QED) is 0.870. The molecular weight excluding hydrogens is 304 g/mol. The molecule has 6 heteroatoms. The predicted octanol–water partition coefficient (Wildman–Crippen LogP) is 0.453. The van der Waals surface area contributed by atoms with Crippen LogP contribution in [0.25, 0.3) is 0 Å². The zero-order valence-electron chi connectivity index (χ0n) is 14.1. The van der Waals surface area contributed by atoms with Crippen LogP contribution in [0.4, 0.5) is 0 Å². The molecule has 2 heterocycles. The highest BCUT2D eigenvalue weighted by atomic mass is 16.2. The standard InChI is InChI=1S/C18H26N4O2/c19-17(15-6-2-1-3-7-15)18(24)22-12-10-21(11-13-22)16(23)14-20-8-4-5-9-20/h1-3,6-7,17H,4-5,8-14,19H2/t17-/m0/s1. The highest BCUT2D eigenvalue weighted by molar-refractivity contribution is 5.84. The monoisotopic (exact) mass is 330 g/mol. The fourth-order valence-electron chi connectivity index (χ4n) is 3.41. The van der Waals surface area contributed by atoms with Crippen molar-refractivity contribution in [2.45, 2.75) is 18.9 Å². The average molecular weight is 330 g/mol. The molecule has 2 aliphatic heterocycles. The predicted molar refractivity (Wildman–Crippen MR) is 92.2 cm³/mol. The van der Waals surface area contributed by atoms with Crippen molar-refractivity contribution in [1.29, 1.82) is 0 Å². The van der Waals surface area contributed by atoms with E-state index in [9.17, 15) is 9.59 Å². The second kappa shape index (κ2) is 7.77. The Labute approximate surface area is 143 Å². The average Bonchev–Trinajstić information content (AvgIpc) is 3.14. The van der Waals surface area contributed by atoms with Gasteiger partial charge in [0.2, 0.25) is 11.8 Å². The number of rotatable bonds is 4. The van der Waals surface area contributed by atoms with Crippen molar-refractivity contribution >= 4 is 11.8 Å². The van der Waals surface area contributed by atoms with E-state index in [2.05, 4.69) is 4.90 Å². The maximum absolute atomic E-state index is 12.5. The zero-order valence-corrected chi connectivity index (χ0v) is 14.1. The molecule has 6 nitrogen and oxygen atoms in total. The molecule has 2 saturated heterocycles. The van der Waals surface area contributed by atoms with E-state index in [1.54, 1.807) is 4.90 Å². The summed E-state index contributed by atoms with van der Waals surface area (Å²) in [7, 11) is 0. The molecule has 24 heavy (non-hydrogen) atoms. The molecule has 1 aromatic rings. The third-order valence-corrected chi connectivity index (χ3v) is 4.93. The Morgan fingerprint density at radius 3 is 2.12 bits per heavy atom. The van der Waals surface area contributed by atoms with Gasteiger partial charge in [0.1, 0.15) is 6.04 Å². The van der Waals surface area contributed by atoms with Crippen LogP contribution >= 0.6 is 0 Å². The highest BCUT2D eigenvalue weighted by Crippen LogP contribution is 2.15. The highest BCUT2D eigenvalue weighted by Gasteiger charge is 2.28. The molecule has 0 aromatic heterocycles. The van der Waals surface area contributed by atoms with Gasteiger partial charge in [-0.2, -0.15) is 0 Å². The van der Waals surface area contributed by atoms with Gasteiger partial charge in [-0.1, -0.05) is 30.3 Å². The third kappa shape index (κ3) is 3.94. The van der Waals surface area contributed by atoms with E-state index in [4.69, 9.17) is 5.73 Å². The molecule has 2 fully saturated rings. The smallest absolute Gasteiger partial charge is 0.244 e. The topological polar surface area (TPSA) is 69.9 Å². The molecule has 0 bridgehead atoms. The fraction of sp³-hybridized carbons (Fsp3) is 0.556. The summed E-state index contributed by atoms with van der Waals surface area (Å²) in [6.07, 6.45) is 2.37. The number of nitrogens with two attached hydrogens (primary N) is 1. The summed E-state index contributed by atoms with van der Waals surface area (Å²) in [5.41, 5.74) is 6.92. The molecule has 1 atom stereocenters. The van der Waals surface area contributed by atoms with Gasteiger partial charge in [0.05, 0.1) is 6.54 Å². The molecule has 2 N–H and O–H groups in total. The van der Waals surface area contributed by atoms with Crippen molar-refractivity contribution < 1.29 is 9.59 Å². The number of hydrogen-bond donors (Lipinski definition) is 1. The zero-order chi connectivity index (χ0) is 16.9. The van der Waals surface area contributed by atoms with Gasteiger partial charge in [0.15, 0.2) is 0 Å². The van der Waals surface area contributed by atoms with Crippen molar-refractivity contribution in [3.05, 3.63) is 35.9 Å². The van der Waals surface area contributed by atoms with Crippen LogP contribution in [0, 0.1) is 0 Å². The summed E-state index contributed by atoms with van der Waals surface area (Å²) < 4.78 is 0. The van der Waals surface area contributed by atoms with Gasteiger partial charge < -0.3 is 15.5 Å². The molecule has 2 aliphatic rings. The summed E-state index contributed by atoms with van der Waals surface area (Å²) in [6, 6.07) is 8.80. The number of amides is 2. The Bertz CT molecular complexity index is 564. The molecule has 0 aliphatic carbocycles. The van der Waals surface area contributed by atoms with Gasteiger partial charge >= 0.3 is 0 Å². The number of carbonyl (C=O) groups is 2. The first-order valence-corrected chi connectivity index (χ1v) is 8.74. The van der Waals surface area contributed by atoms with Crippen molar-refractivity contribution in [1.82, 2.24) is 14.7 Å². The van der Waals surface area contributed by atoms with E-state index in [1.807, 2.05) is 35.2 Å². The molecule has 3 rings (SSSR count). The molecule has 0 unspecified atom stereocenters. The lowest BCUT2D eigenvalue weighted by atomic mass is 10.1. The van der Waals surface area contributed by atoms with Crippen LogP contribution in [-0.4, -0.2) is 72.3 Å². The second-order valence-electron chi connectivity index (χ2n) is 6.58. The minimum atomic E-state index is -0.627. The molecular formula is C18H26N4O2. The van der Waals surface area contributed by atoms with Crippen LogP contribution in [0.5, 0.6) is 0 Å². The molecule has 0 saturated carbocycles. The van der Waals surface area contributed by atoms with Gasteiger partial charge in [0.25, 0.3) is 0 Å². The Kier molecular flexibility index (Phi) is 5.48. The van der Waals surface area contributed by atoms with Crippen molar-refractivity contribution in [2.24, 2.45) is 5.73 Å². The third-order valence-electron chi connectivity index (χ3n) is 4.93. The summed E-state index contributed by atoms with van der Waals surface area (Å²) in [6.45, 7) is 4.87. The molecule has 130 valence electrons. The summed E-state index contributed by atoms with van der Waals surface area (Å²) in [5.74, 6) is 0.115. The summed E-state index contributed by atoms with van der Waals surface area (Å²) in [4.78, 5) is 30.7. The first-order valence-electron chi connectivity index (χ1n) is 8.74. The Hall–Kier alpha value is -1.92. The van der Waals surface area contributed by atoms with E-state index in [0.717, 1.165) is 18.7 Å².